The Labute approximate surface area is 142 Å². The smallest absolute Gasteiger partial charge is 0.327 e. The van der Waals surface area contributed by atoms with E-state index in [4.69, 9.17) is 0 Å². The third kappa shape index (κ3) is 3.19. The number of amides is 1. The number of halogens is 2. The summed E-state index contributed by atoms with van der Waals surface area (Å²) < 4.78 is 30.1. The Kier molecular flexibility index (Phi) is 4.43. The summed E-state index contributed by atoms with van der Waals surface area (Å²) in [7, 11) is 0. The number of tetrazole rings is 1. The summed E-state index contributed by atoms with van der Waals surface area (Å²) in [6, 6.07) is 10.9. The van der Waals surface area contributed by atoms with Crippen molar-refractivity contribution in [3.8, 4) is 0 Å². The molecule has 0 spiro atoms. The molecule has 2 aromatic carbocycles. The maximum absolute atomic E-state index is 15.1. The summed E-state index contributed by atoms with van der Waals surface area (Å²) in [4.78, 5) is 13.7. The van der Waals surface area contributed by atoms with Gasteiger partial charge in [0.2, 0.25) is 0 Å². The first kappa shape index (κ1) is 16.9. The maximum atomic E-state index is 15.1. The van der Waals surface area contributed by atoms with Crippen LogP contribution in [0.4, 0.5) is 8.78 Å². The Balaban J connectivity index is 2.00. The number of aromatic nitrogens is 4. The zero-order valence-electron chi connectivity index (χ0n) is 13.8. The standard InChI is InChI=1S/C17H17F2N5O/c1-11(2)24(10-15-20-22-23-21-15)16(25)17(18,19)14-9-5-7-12-6-3-4-8-13(12)14/h3-9,11H,10H2,1-2H3,(H,20,21,22,23). The highest BCUT2D eigenvalue weighted by Gasteiger charge is 2.45. The lowest BCUT2D eigenvalue weighted by Crippen LogP contribution is -2.45. The highest BCUT2D eigenvalue weighted by molar-refractivity contribution is 5.93. The SMILES string of the molecule is CC(C)N(Cc1nn[nH]n1)C(=O)C(F)(F)c1cccc2ccccc12. The predicted molar refractivity (Wildman–Crippen MR) is 87.7 cm³/mol. The molecular formula is C17H17F2N5O. The van der Waals surface area contributed by atoms with Gasteiger partial charge in [-0.25, -0.2) is 0 Å². The lowest BCUT2D eigenvalue weighted by molar-refractivity contribution is -0.161. The molecule has 0 saturated carbocycles. The molecule has 0 bridgehead atoms. The first-order chi connectivity index (χ1) is 11.9. The first-order valence-electron chi connectivity index (χ1n) is 7.80. The Morgan fingerprint density at radius 2 is 1.92 bits per heavy atom. The summed E-state index contributed by atoms with van der Waals surface area (Å²) in [5, 5.41) is 14.1. The molecule has 1 heterocycles. The number of aromatic amines is 1. The normalized spacial score (nSPS) is 11.9. The molecule has 1 amide bonds. The van der Waals surface area contributed by atoms with E-state index in [0.717, 1.165) is 4.90 Å². The first-order valence-corrected chi connectivity index (χ1v) is 7.80. The molecule has 0 fully saturated rings. The van der Waals surface area contributed by atoms with Gasteiger partial charge in [0, 0.05) is 11.6 Å². The summed E-state index contributed by atoms with van der Waals surface area (Å²) in [5.41, 5.74) is -0.311. The van der Waals surface area contributed by atoms with Crippen molar-refractivity contribution < 1.29 is 13.6 Å². The average molecular weight is 345 g/mol. The minimum atomic E-state index is -3.67. The van der Waals surface area contributed by atoms with Gasteiger partial charge in [-0.15, -0.1) is 10.2 Å². The van der Waals surface area contributed by atoms with Crippen LogP contribution in [0.3, 0.4) is 0 Å². The van der Waals surface area contributed by atoms with Gasteiger partial charge in [-0.1, -0.05) is 47.7 Å². The minimum absolute atomic E-state index is 0.145. The Bertz CT molecular complexity index is 874. The van der Waals surface area contributed by atoms with Gasteiger partial charge in [0.15, 0.2) is 5.82 Å². The molecule has 0 saturated heterocycles. The predicted octanol–water partition coefficient (Wildman–Crippen LogP) is 2.88. The maximum Gasteiger partial charge on any atom is 0.350 e. The van der Waals surface area contributed by atoms with Gasteiger partial charge in [0.1, 0.15) is 0 Å². The quantitative estimate of drug-likeness (QED) is 0.771. The molecule has 0 aliphatic rings. The number of carbonyl (C=O) groups is 1. The van der Waals surface area contributed by atoms with Crippen LogP contribution in [-0.2, 0) is 17.3 Å². The fourth-order valence-electron chi connectivity index (χ4n) is 2.69. The van der Waals surface area contributed by atoms with Crippen LogP contribution in [-0.4, -0.2) is 37.5 Å². The van der Waals surface area contributed by atoms with E-state index in [1.807, 2.05) is 0 Å². The van der Waals surface area contributed by atoms with Gasteiger partial charge in [-0.05, 0) is 24.6 Å². The number of carbonyl (C=O) groups excluding carboxylic acids is 1. The van der Waals surface area contributed by atoms with Crippen molar-refractivity contribution >= 4 is 16.7 Å². The van der Waals surface area contributed by atoms with E-state index in [1.54, 1.807) is 44.2 Å². The number of alkyl halides is 2. The number of nitrogens with one attached hydrogen (secondary N) is 1. The van der Waals surface area contributed by atoms with E-state index >= 15 is 8.78 Å². The van der Waals surface area contributed by atoms with Crippen LogP contribution in [0.5, 0.6) is 0 Å². The van der Waals surface area contributed by atoms with E-state index in [0.29, 0.717) is 10.8 Å². The summed E-state index contributed by atoms with van der Waals surface area (Å²) in [5.74, 6) is -4.78. The zero-order valence-corrected chi connectivity index (χ0v) is 13.8. The highest BCUT2D eigenvalue weighted by Crippen LogP contribution is 2.36. The number of hydrogen-bond acceptors (Lipinski definition) is 4. The van der Waals surface area contributed by atoms with Gasteiger partial charge in [0.25, 0.3) is 5.91 Å². The number of benzene rings is 2. The summed E-state index contributed by atoms with van der Waals surface area (Å²) in [6.07, 6.45) is 0. The molecule has 0 unspecified atom stereocenters. The van der Waals surface area contributed by atoms with Crippen molar-refractivity contribution in [1.29, 1.82) is 0 Å². The molecule has 6 nitrogen and oxygen atoms in total. The number of hydrogen-bond donors (Lipinski definition) is 1. The van der Waals surface area contributed by atoms with Gasteiger partial charge >= 0.3 is 5.92 Å². The Morgan fingerprint density at radius 1 is 1.20 bits per heavy atom. The van der Waals surface area contributed by atoms with Crippen LogP contribution in [0.15, 0.2) is 42.5 Å². The third-order valence-electron chi connectivity index (χ3n) is 3.98. The van der Waals surface area contributed by atoms with Crippen LogP contribution in [0.1, 0.15) is 25.2 Å². The number of fused-ring (bicyclic) bond motifs is 1. The fraction of sp³-hybridized carbons (Fsp3) is 0.294. The number of rotatable bonds is 5. The average Bonchev–Trinajstić information content (AvgIpc) is 3.11. The second kappa shape index (κ2) is 6.54. The van der Waals surface area contributed by atoms with Crippen molar-refractivity contribution in [3.63, 3.8) is 0 Å². The highest BCUT2D eigenvalue weighted by atomic mass is 19.3. The van der Waals surface area contributed by atoms with Crippen LogP contribution < -0.4 is 0 Å². The molecule has 0 aliphatic heterocycles. The molecule has 1 N–H and O–H groups in total. The molecular weight excluding hydrogens is 328 g/mol. The Morgan fingerprint density at radius 3 is 2.60 bits per heavy atom. The van der Waals surface area contributed by atoms with Crippen molar-refractivity contribution in [2.45, 2.75) is 32.4 Å². The lowest BCUT2D eigenvalue weighted by Gasteiger charge is -2.30. The van der Waals surface area contributed by atoms with E-state index < -0.39 is 17.9 Å². The van der Waals surface area contributed by atoms with Crippen LogP contribution >= 0.6 is 0 Å². The number of nitrogens with zero attached hydrogens (tertiary/aromatic N) is 4. The number of H-pyrrole nitrogens is 1. The molecule has 8 heteroatoms. The van der Waals surface area contributed by atoms with Crippen molar-refractivity contribution in [2.24, 2.45) is 0 Å². The van der Waals surface area contributed by atoms with E-state index in [1.165, 1.54) is 12.1 Å². The third-order valence-corrected chi connectivity index (χ3v) is 3.98. The van der Waals surface area contributed by atoms with Crippen LogP contribution in [0.2, 0.25) is 0 Å². The molecule has 25 heavy (non-hydrogen) atoms. The van der Waals surface area contributed by atoms with Gasteiger partial charge < -0.3 is 4.90 Å². The monoisotopic (exact) mass is 345 g/mol. The van der Waals surface area contributed by atoms with E-state index in [-0.39, 0.29) is 17.9 Å². The van der Waals surface area contributed by atoms with Crippen LogP contribution in [0.25, 0.3) is 10.8 Å². The van der Waals surface area contributed by atoms with Gasteiger partial charge in [-0.2, -0.15) is 14.0 Å². The fourth-order valence-corrected chi connectivity index (χ4v) is 2.69. The van der Waals surface area contributed by atoms with E-state index in [2.05, 4.69) is 20.6 Å². The van der Waals surface area contributed by atoms with Gasteiger partial charge in [-0.3, -0.25) is 4.79 Å². The topological polar surface area (TPSA) is 74.8 Å². The summed E-state index contributed by atoms with van der Waals surface area (Å²) in [6.45, 7) is 3.18. The van der Waals surface area contributed by atoms with Crippen molar-refractivity contribution in [3.05, 3.63) is 53.9 Å². The molecule has 0 radical (unpaired) electrons. The molecule has 3 rings (SSSR count). The Hall–Kier alpha value is -2.90. The minimum Gasteiger partial charge on any atom is -0.327 e. The summed E-state index contributed by atoms with van der Waals surface area (Å²) >= 11 is 0. The van der Waals surface area contributed by atoms with Crippen molar-refractivity contribution in [2.75, 3.05) is 0 Å². The molecule has 3 aromatic rings. The van der Waals surface area contributed by atoms with Crippen molar-refractivity contribution in [1.82, 2.24) is 25.5 Å². The molecule has 0 atom stereocenters. The molecule has 130 valence electrons. The molecule has 0 aliphatic carbocycles. The lowest BCUT2D eigenvalue weighted by atomic mass is 9.98. The largest absolute Gasteiger partial charge is 0.350 e. The van der Waals surface area contributed by atoms with Gasteiger partial charge in [0.05, 0.1) is 6.54 Å². The van der Waals surface area contributed by atoms with Crippen LogP contribution in [0, 0.1) is 0 Å². The second-order valence-corrected chi connectivity index (χ2v) is 5.96. The second-order valence-electron chi connectivity index (χ2n) is 5.96. The zero-order chi connectivity index (χ0) is 18.0. The molecule has 1 aromatic heterocycles. The van der Waals surface area contributed by atoms with E-state index in [9.17, 15) is 4.79 Å².